The topological polar surface area (TPSA) is 75.3 Å². The molecule has 7 heteroatoms. The Morgan fingerprint density at radius 3 is 2.32 bits per heavy atom. The molecular formula is C15H18N2O3S2. The van der Waals surface area contributed by atoms with Crippen LogP contribution >= 0.6 is 11.3 Å². The van der Waals surface area contributed by atoms with Crippen LogP contribution in [0, 0.1) is 6.92 Å². The molecular weight excluding hydrogens is 320 g/mol. The predicted octanol–water partition coefficient (Wildman–Crippen LogP) is 2.04. The summed E-state index contributed by atoms with van der Waals surface area (Å²) in [5.41, 5.74) is 2.60. The van der Waals surface area contributed by atoms with Crippen LogP contribution in [0.3, 0.4) is 0 Å². The molecule has 0 unspecified atom stereocenters. The maximum Gasteiger partial charge on any atom is 0.261 e. The highest BCUT2D eigenvalue weighted by Crippen LogP contribution is 2.15. The van der Waals surface area contributed by atoms with Crippen molar-refractivity contribution in [2.24, 2.45) is 0 Å². The molecule has 2 rings (SSSR count). The third-order valence-electron chi connectivity index (χ3n) is 3.21. The van der Waals surface area contributed by atoms with Gasteiger partial charge in [-0.25, -0.2) is 13.1 Å². The fourth-order valence-corrected chi connectivity index (χ4v) is 3.53. The molecule has 5 nitrogen and oxygen atoms in total. The third-order valence-corrected chi connectivity index (χ3v) is 5.56. The zero-order valence-corrected chi connectivity index (χ0v) is 14.1. The molecule has 118 valence electrons. The number of hydrogen-bond acceptors (Lipinski definition) is 4. The molecule has 0 spiro atoms. The molecule has 1 aromatic carbocycles. The van der Waals surface area contributed by atoms with Gasteiger partial charge in [0, 0.05) is 6.54 Å². The van der Waals surface area contributed by atoms with E-state index in [2.05, 4.69) is 10.0 Å². The molecule has 2 aromatic rings. The fraction of sp³-hybridized carbons (Fsp3) is 0.267. The van der Waals surface area contributed by atoms with Crippen LogP contribution in [0.5, 0.6) is 0 Å². The minimum atomic E-state index is -3.26. The van der Waals surface area contributed by atoms with Crippen LogP contribution in [0.1, 0.15) is 26.4 Å². The molecule has 22 heavy (non-hydrogen) atoms. The van der Waals surface area contributed by atoms with Crippen molar-refractivity contribution in [3.8, 4) is 0 Å². The summed E-state index contributed by atoms with van der Waals surface area (Å²) < 4.78 is 25.2. The summed E-state index contributed by atoms with van der Waals surface area (Å²) in [6, 6.07) is 9.07. The second kappa shape index (κ2) is 7.04. The van der Waals surface area contributed by atoms with Crippen molar-refractivity contribution in [2.75, 3.05) is 7.05 Å². The Balaban J connectivity index is 1.95. The second-order valence-electron chi connectivity index (χ2n) is 4.90. The van der Waals surface area contributed by atoms with E-state index in [1.807, 2.05) is 30.5 Å². The van der Waals surface area contributed by atoms with Crippen LogP contribution in [-0.4, -0.2) is 21.4 Å². The first-order valence-electron chi connectivity index (χ1n) is 6.72. The van der Waals surface area contributed by atoms with Crippen LogP contribution in [0.15, 0.2) is 35.7 Å². The monoisotopic (exact) mass is 338 g/mol. The lowest BCUT2D eigenvalue weighted by Gasteiger charge is -2.07. The molecule has 0 fully saturated rings. The lowest BCUT2D eigenvalue weighted by Crippen LogP contribution is -2.22. The van der Waals surface area contributed by atoms with E-state index in [4.69, 9.17) is 0 Å². The van der Waals surface area contributed by atoms with E-state index in [0.29, 0.717) is 12.1 Å². The van der Waals surface area contributed by atoms with E-state index in [0.717, 1.165) is 16.0 Å². The van der Waals surface area contributed by atoms with E-state index in [1.54, 1.807) is 12.1 Å². The number of amides is 1. The molecule has 1 heterocycles. The van der Waals surface area contributed by atoms with Gasteiger partial charge in [0.1, 0.15) is 0 Å². The average molecular weight is 338 g/mol. The number of thiophene rings is 1. The number of rotatable bonds is 6. The lowest BCUT2D eigenvalue weighted by molar-refractivity contribution is 0.0954. The number of aryl methyl sites for hydroxylation is 1. The highest BCUT2D eigenvalue weighted by atomic mass is 32.2. The molecule has 0 saturated carbocycles. The summed E-state index contributed by atoms with van der Waals surface area (Å²) >= 11 is 1.42. The zero-order valence-electron chi connectivity index (χ0n) is 12.4. The number of benzene rings is 1. The summed E-state index contributed by atoms with van der Waals surface area (Å²) in [6.07, 6.45) is 0. The van der Waals surface area contributed by atoms with Gasteiger partial charge in [0.25, 0.3) is 5.91 Å². The van der Waals surface area contributed by atoms with Crippen LogP contribution in [0.2, 0.25) is 0 Å². The van der Waals surface area contributed by atoms with E-state index in [1.165, 1.54) is 18.4 Å². The number of sulfonamides is 1. The minimum Gasteiger partial charge on any atom is -0.347 e. The molecule has 0 atom stereocenters. The SMILES string of the molecule is CNS(=O)(=O)Cc1ccc(CNC(=O)c2sccc2C)cc1. The summed E-state index contributed by atoms with van der Waals surface area (Å²) in [4.78, 5) is 12.7. The Morgan fingerprint density at radius 2 is 1.77 bits per heavy atom. The normalized spacial score (nSPS) is 11.4. The van der Waals surface area contributed by atoms with Gasteiger partial charge in [0.15, 0.2) is 0 Å². The van der Waals surface area contributed by atoms with Gasteiger partial charge in [-0.05, 0) is 42.1 Å². The van der Waals surface area contributed by atoms with Crippen molar-refractivity contribution in [2.45, 2.75) is 19.2 Å². The summed E-state index contributed by atoms with van der Waals surface area (Å²) in [5.74, 6) is -0.140. The summed E-state index contributed by atoms with van der Waals surface area (Å²) in [7, 11) is -1.87. The van der Waals surface area contributed by atoms with E-state index < -0.39 is 10.0 Å². The second-order valence-corrected chi connectivity index (χ2v) is 7.74. The van der Waals surface area contributed by atoms with Gasteiger partial charge in [0.05, 0.1) is 10.6 Å². The van der Waals surface area contributed by atoms with Crippen LogP contribution in [-0.2, 0) is 22.3 Å². The summed E-state index contributed by atoms with van der Waals surface area (Å²) in [5, 5.41) is 4.75. The fourth-order valence-electron chi connectivity index (χ4n) is 1.91. The molecule has 2 N–H and O–H groups in total. The molecule has 0 aliphatic rings. The van der Waals surface area contributed by atoms with Crippen LogP contribution in [0.25, 0.3) is 0 Å². The molecule has 1 aromatic heterocycles. The Bertz CT molecular complexity index is 749. The first-order valence-corrected chi connectivity index (χ1v) is 9.26. The lowest BCUT2D eigenvalue weighted by atomic mass is 10.1. The van der Waals surface area contributed by atoms with E-state index >= 15 is 0 Å². The average Bonchev–Trinajstić information content (AvgIpc) is 2.92. The van der Waals surface area contributed by atoms with Crippen LogP contribution in [0.4, 0.5) is 0 Å². The molecule has 0 aliphatic carbocycles. The highest BCUT2D eigenvalue weighted by Gasteiger charge is 2.10. The largest absolute Gasteiger partial charge is 0.347 e. The van der Waals surface area contributed by atoms with Gasteiger partial charge in [0.2, 0.25) is 10.0 Å². The molecule has 1 amide bonds. The van der Waals surface area contributed by atoms with Gasteiger partial charge in [-0.2, -0.15) is 0 Å². The first kappa shape index (κ1) is 16.7. The van der Waals surface area contributed by atoms with Crippen molar-refractivity contribution in [3.05, 3.63) is 57.3 Å². The van der Waals surface area contributed by atoms with Crippen molar-refractivity contribution in [3.63, 3.8) is 0 Å². The molecule has 0 bridgehead atoms. The molecule has 0 aliphatic heterocycles. The third kappa shape index (κ3) is 4.40. The summed E-state index contributed by atoms with van der Waals surface area (Å²) in [6.45, 7) is 2.32. The van der Waals surface area contributed by atoms with Crippen molar-refractivity contribution in [1.82, 2.24) is 10.0 Å². The minimum absolute atomic E-state index is 0.0511. The predicted molar refractivity (Wildman–Crippen MR) is 88.4 cm³/mol. The smallest absolute Gasteiger partial charge is 0.261 e. The number of carbonyl (C=O) groups is 1. The van der Waals surface area contributed by atoms with Gasteiger partial charge in [-0.1, -0.05) is 24.3 Å². The van der Waals surface area contributed by atoms with Crippen molar-refractivity contribution < 1.29 is 13.2 Å². The van der Waals surface area contributed by atoms with Gasteiger partial charge < -0.3 is 5.32 Å². The number of nitrogens with one attached hydrogen (secondary N) is 2. The Morgan fingerprint density at radius 1 is 1.14 bits per heavy atom. The highest BCUT2D eigenvalue weighted by molar-refractivity contribution is 7.88. The Hall–Kier alpha value is -1.70. The van der Waals surface area contributed by atoms with Gasteiger partial charge in [-0.3, -0.25) is 4.79 Å². The Kier molecular flexibility index (Phi) is 5.33. The zero-order chi connectivity index (χ0) is 16.2. The Labute approximate surface area is 134 Å². The number of carbonyl (C=O) groups excluding carboxylic acids is 1. The quantitative estimate of drug-likeness (QED) is 0.846. The van der Waals surface area contributed by atoms with Crippen molar-refractivity contribution >= 4 is 27.3 Å². The number of hydrogen-bond donors (Lipinski definition) is 2. The first-order chi connectivity index (χ1) is 10.4. The van der Waals surface area contributed by atoms with Crippen LogP contribution < -0.4 is 10.0 Å². The van der Waals surface area contributed by atoms with Crippen molar-refractivity contribution in [1.29, 1.82) is 0 Å². The molecule has 0 saturated heterocycles. The van der Waals surface area contributed by atoms with Gasteiger partial charge >= 0.3 is 0 Å². The van der Waals surface area contributed by atoms with E-state index in [9.17, 15) is 13.2 Å². The van der Waals surface area contributed by atoms with E-state index in [-0.39, 0.29) is 11.7 Å². The maximum absolute atomic E-state index is 12.0. The van der Waals surface area contributed by atoms with Gasteiger partial charge in [-0.15, -0.1) is 11.3 Å². The maximum atomic E-state index is 12.0. The standard InChI is InChI=1S/C15H18N2O3S2/c1-11-7-8-21-14(11)15(18)17-9-12-3-5-13(6-4-12)10-22(19,20)16-2/h3-8,16H,9-10H2,1-2H3,(H,17,18). The molecule has 0 radical (unpaired) electrons.